The van der Waals surface area contributed by atoms with Gasteiger partial charge >= 0.3 is 0 Å². The lowest BCUT2D eigenvalue weighted by molar-refractivity contribution is 0.164. The van der Waals surface area contributed by atoms with Crippen molar-refractivity contribution in [2.75, 3.05) is 38.2 Å². The van der Waals surface area contributed by atoms with Crippen molar-refractivity contribution in [2.45, 2.75) is 32.4 Å². The largest absolute Gasteiger partial charge is 0.495 e. The number of piperazine rings is 1. The fourth-order valence-corrected chi connectivity index (χ4v) is 4.71. The number of benzene rings is 1. The van der Waals surface area contributed by atoms with Crippen LogP contribution in [-0.2, 0) is 6.54 Å². The van der Waals surface area contributed by atoms with E-state index in [1.54, 1.807) is 18.4 Å². The molecule has 1 fully saturated rings. The van der Waals surface area contributed by atoms with Crippen molar-refractivity contribution in [3.05, 3.63) is 52.5 Å². The van der Waals surface area contributed by atoms with Crippen molar-refractivity contribution < 1.29 is 4.74 Å². The molecule has 0 spiro atoms. The van der Waals surface area contributed by atoms with Gasteiger partial charge in [0.05, 0.1) is 25.4 Å². The van der Waals surface area contributed by atoms with Crippen LogP contribution in [0.3, 0.4) is 0 Å². The lowest BCUT2D eigenvalue weighted by Crippen LogP contribution is -2.48. The van der Waals surface area contributed by atoms with Crippen molar-refractivity contribution in [1.29, 1.82) is 0 Å². The first kappa shape index (κ1) is 19.8. The first-order valence-electron chi connectivity index (χ1n) is 10.2. The van der Waals surface area contributed by atoms with Gasteiger partial charge in [0.25, 0.3) is 0 Å². The number of tetrazole rings is 1. The van der Waals surface area contributed by atoms with Crippen LogP contribution in [0.5, 0.6) is 5.75 Å². The van der Waals surface area contributed by atoms with Crippen LogP contribution in [-0.4, -0.2) is 58.4 Å². The maximum absolute atomic E-state index is 5.55. The van der Waals surface area contributed by atoms with Crippen LogP contribution in [0.2, 0.25) is 0 Å². The Morgan fingerprint density at radius 3 is 2.66 bits per heavy atom. The van der Waals surface area contributed by atoms with E-state index in [0.29, 0.717) is 0 Å². The summed E-state index contributed by atoms with van der Waals surface area (Å²) < 4.78 is 7.52. The molecule has 4 rings (SSSR count). The molecule has 2 aromatic heterocycles. The van der Waals surface area contributed by atoms with Gasteiger partial charge in [-0.05, 0) is 40.4 Å². The molecule has 0 amide bonds. The summed E-state index contributed by atoms with van der Waals surface area (Å²) in [5.41, 5.74) is 1.17. The van der Waals surface area contributed by atoms with Crippen LogP contribution in [0.1, 0.15) is 36.5 Å². The summed E-state index contributed by atoms with van der Waals surface area (Å²) in [7, 11) is 1.74. The van der Waals surface area contributed by atoms with Crippen molar-refractivity contribution in [2.24, 2.45) is 0 Å². The molecule has 29 heavy (non-hydrogen) atoms. The molecule has 1 aromatic carbocycles. The molecule has 0 bridgehead atoms. The molecule has 0 radical (unpaired) electrons. The molecule has 1 aliphatic rings. The molecule has 3 heterocycles. The van der Waals surface area contributed by atoms with Gasteiger partial charge < -0.3 is 9.64 Å². The number of hydrogen-bond acceptors (Lipinski definition) is 7. The number of ether oxygens (including phenoxy) is 1. The van der Waals surface area contributed by atoms with Gasteiger partial charge in [-0.2, -0.15) is 0 Å². The number of thiophene rings is 1. The van der Waals surface area contributed by atoms with Gasteiger partial charge in [-0.1, -0.05) is 31.5 Å². The number of para-hydroxylation sites is 2. The summed E-state index contributed by atoms with van der Waals surface area (Å²) in [5, 5.41) is 14.8. The Balaban J connectivity index is 1.48. The van der Waals surface area contributed by atoms with Gasteiger partial charge in [0.2, 0.25) is 0 Å². The van der Waals surface area contributed by atoms with Gasteiger partial charge in [0.15, 0.2) is 5.82 Å². The van der Waals surface area contributed by atoms with E-state index in [2.05, 4.69) is 61.9 Å². The normalized spacial score (nSPS) is 16.1. The molecule has 1 saturated heterocycles. The topological polar surface area (TPSA) is 59.3 Å². The van der Waals surface area contributed by atoms with E-state index < -0.39 is 0 Å². The number of methoxy groups -OCH3 is 1. The van der Waals surface area contributed by atoms with E-state index in [1.807, 2.05) is 16.8 Å². The van der Waals surface area contributed by atoms with Gasteiger partial charge in [-0.25, -0.2) is 4.68 Å². The number of anilines is 1. The fourth-order valence-electron chi connectivity index (χ4n) is 4.03. The predicted molar refractivity (Wildman–Crippen MR) is 116 cm³/mol. The van der Waals surface area contributed by atoms with Gasteiger partial charge in [0.1, 0.15) is 5.75 Å². The minimum Gasteiger partial charge on any atom is -0.495 e. The number of nitrogens with zero attached hydrogens (tertiary/aromatic N) is 6. The number of aromatic nitrogens is 4. The third kappa shape index (κ3) is 4.43. The SMILES string of the molecule is CCC[C@H](c1nnnn1Cc1cccs1)N1CCN(c2ccccc2OC)CC1. The highest BCUT2D eigenvalue weighted by Gasteiger charge is 2.29. The summed E-state index contributed by atoms with van der Waals surface area (Å²) in [6, 6.07) is 12.7. The molecule has 0 N–H and O–H groups in total. The lowest BCUT2D eigenvalue weighted by Gasteiger charge is -2.40. The zero-order chi connectivity index (χ0) is 20.1. The van der Waals surface area contributed by atoms with Gasteiger partial charge in [0, 0.05) is 31.1 Å². The Bertz CT molecular complexity index is 888. The van der Waals surface area contributed by atoms with Crippen LogP contribution in [0.4, 0.5) is 5.69 Å². The molecule has 154 valence electrons. The summed E-state index contributed by atoms with van der Waals surface area (Å²) >= 11 is 1.74. The summed E-state index contributed by atoms with van der Waals surface area (Å²) in [4.78, 5) is 6.22. The van der Waals surface area contributed by atoms with Crippen molar-refractivity contribution in [3.63, 3.8) is 0 Å². The van der Waals surface area contributed by atoms with Crippen LogP contribution in [0.25, 0.3) is 0 Å². The Labute approximate surface area is 175 Å². The monoisotopic (exact) mass is 412 g/mol. The highest BCUT2D eigenvalue weighted by molar-refractivity contribution is 7.09. The molecule has 8 heteroatoms. The standard InChI is InChI=1S/C21H28N6OS/c1-3-7-19(21-22-23-24-27(21)16-17-8-6-15-29-17)26-13-11-25(12-14-26)18-9-4-5-10-20(18)28-2/h4-6,8-10,15,19H,3,7,11-14,16H2,1-2H3/t19-/m1/s1. The number of rotatable bonds is 8. The van der Waals surface area contributed by atoms with Crippen LogP contribution < -0.4 is 9.64 Å². The minimum atomic E-state index is 0.245. The zero-order valence-electron chi connectivity index (χ0n) is 17.1. The Morgan fingerprint density at radius 2 is 1.93 bits per heavy atom. The zero-order valence-corrected chi connectivity index (χ0v) is 17.9. The molecule has 0 unspecified atom stereocenters. The first-order valence-corrected chi connectivity index (χ1v) is 11.1. The van der Waals surface area contributed by atoms with E-state index in [-0.39, 0.29) is 6.04 Å². The molecule has 1 atom stereocenters. The molecular formula is C21H28N6OS. The molecule has 0 saturated carbocycles. The van der Waals surface area contributed by atoms with Crippen molar-refractivity contribution in [1.82, 2.24) is 25.1 Å². The van der Waals surface area contributed by atoms with E-state index >= 15 is 0 Å². The van der Waals surface area contributed by atoms with Crippen LogP contribution >= 0.6 is 11.3 Å². The highest BCUT2D eigenvalue weighted by atomic mass is 32.1. The summed E-state index contributed by atoms with van der Waals surface area (Å²) in [6.45, 7) is 6.86. The van der Waals surface area contributed by atoms with Crippen LogP contribution in [0, 0.1) is 0 Å². The smallest absolute Gasteiger partial charge is 0.168 e. The quantitative estimate of drug-likeness (QED) is 0.565. The third-order valence-electron chi connectivity index (χ3n) is 5.49. The second-order valence-electron chi connectivity index (χ2n) is 7.27. The summed E-state index contributed by atoms with van der Waals surface area (Å²) in [5.74, 6) is 1.91. The van der Waals surface area contributed by atoms with E-state index in [1.165, 1.54) is 10.6 Å². The van der Waals surface area contributed by atoms with Gasteiger partial charge in [-0.3, -0.25) is 4.90 Å². The number of hydrogen-bond donors (Lipinski definition) is 0. The Kier molecular flexibility index (Phi) is 6.41. The highest BCUT2D eigenvalue weighted by Crippen LogP contribution is 2.31. The maximum Gasteiger partial charge on any atom is 0.168 e. The third-order valence-corrected chi connectivity index (χ3v) is 6.35. The van der Waals surface area contributed by atoms with Crippen molar-refractivity contribution in [3.8, 4) is 5.75 Å². The van der Waals surface area contributed by atoms with Crippen molar-refractivity contribution >= 4 is 17.0 Å². The maximum atomic E-state index is 5.55. The van der Waals surface area contributed by atoms with E-state index in [4.69, 9.17) is 4.74 Å². The second-order valence-corrected chi connectivity index (χ2v) is 8.31. The lowest BCUT2D eigenvalue weighted by atomic mass is 10.1. The predicted octanol–water partition coefficient (Wildman–Crippen LogP) is 3.45. The average Bonchev–Trinajstić information content (AvgIpc) is 3.45. The van der Waals surface area contributed by atoms with E-state index in [0.717, 1.165) is 57.1 Å². The fraction of sp³-hybridized carbons (Fsp3) is 0.476. The Hall–Kier alpha value is -2.45. The second kappa shape index (κ2) is 9.37. The van der Waals surface area contributed by atoms with Crippen LogP contribution in [0.15, 0.2) is 41.8 Å². The minimum absolute atomic E-state index is 0.245. The molecule has 0 aliphatic carbocycles. The Morgan fingerprint density at radius 1 is 1.10 bits per heavy atom. The molecule has 7 nitrogen and oxygen atoms in total. The van der Waals surface area contributed by atoms with E-state index in [9.17, 15) is 0 Å². The molecule has 1 aliphatic heterocycles. The first-order chi connectivity index (χ1) is 14.3. The average molecular weight is 413 g/mol. The molecule has 3 aromatic rings. The summed E-state index contributed by atoms with van der Waals surface area (Å²) in [6.07, 6.45) is 2.16. The van der Waals surface area contributed by atoms with Gasteiger partial charge in [-0.15, -0.1) is 16.4 Å². The molecular weight excluding hydrogens is 384 g/mol.